The van der Waals surface area contributed by atoms with Crippen LogP contribution >= 0.6 is 24.0 Å². The molecule has 8 heteroatoms. The number of likely N-dealkylation sites (tertiary alicyclic amines) is 1. The second kappa shape index (κ2) is 8.77. The number of aliphatic imine (C=N–C) groups is 1. The number of alkyl halides is 3. The molecule has 3 rings (SSSR count). The third-order valence-electron chi connectivity index (χ3n) is 4.95. The molecule has 0 amide bonds. The monoisotopic (exact) mass is 483 g/mol. The fourth-order valence-electron chi connectivity index (χ4n) is 3.48. The summed E-state index contributed by atoms with van der Waals surface area (Å²) >= 11 is 0. The summed E-state index contributed by atoms with van der Waals surface area (Å²) in [6.07, 6.45) is -2.12. The minimum absolute atomic E-state index is 0. The highest BCUT2D eigenvalue weighted by atomic mass is 127. The fraction of sp³-hybridized carbons (Fsp3) is 0.611. The lowest BCUT2D eigenvalue weighted by Crippen LogP contribution is -2.41. The van der Waals surface area contributed by atoms with Gasteiger partial charge in [-0.25, -0.2) is 4.99 Å². The Kier molecular flexibility index (Phi) is 7.18. The highest BCUT2D eigenvalue weighted by molar-refractivity contribution is 14.0. The second-order valence-corrected chi connectivity index (χ2v) is 6.84. The van der Waals surface area contributed by atoms with Crippen LogP contribution in [0, 0.1) is 5.41 Å². The van der Waals surface area contributed by atoms with Crippen molar-refractivity contribution in [2.45, 2.75) is 32.5 Å². The highest BCUT2D eigenvalue weighted by Crippen LogP contribution is 2.38. The number of hydrogen-bond donors (Lipinski definition) is 1. The van der Waals surface area contributed by atoms with E-state index in [2.05, 4.69) is 15.2 Å². The first-order valence-electron chi connectivity index (χ1n) is 8.69. The average Bonchev–Trinajstić information content (AvgIpc) is 3.21. The SMILES string of the molecule is CCNC(=NCc1ccc(C(F)(F)F)cc1)N1CCC2(CCOC2)C1.I. The number of guanidine groups is 1. The Morgan fingerprint density at radius 3 is 2.58 bits per heavy atom. The van der Waals surface area contributed by atoms with Crippen molar-refractivity contribution in [1.29, 1.82) is 0 Å². The maximum Gasteiger partial charge on any atom is 0.416 e. The molecule has 26 heavy (non-hydrogen) atoms. The first-order chi connectivity index (χ1) is 11.9. The minimum atomic E-state index is -4.30. The number of rotatable bonds is 3. The van der Waals surface area contributed by atoms with Gasteiger partial charge in [-0.3, -0.25) is 0 Å². The zero-order chi connectivity index (χ0) is 17.9. The van der Waals surface area contributed by atoms with Gasteiger partial charge in [0.25, 0.3) is 0 Å². The van der Waals surface area contributed by atoms with Crippen molar-refractivity contribution in [3.8, 4) is 0 Å². The summed E-state index contributed by atoms with van der Waals surface area (Å²) in [5, 5.41) is 3.29. The first-order valence-corrected chi connectivity index (χ1v) is 8.69. The number of nitrogens with one attached hydrogen (secondary N) is 1. The van der Waals surface area contributed by atoms with E-state index in [0.29, 0.717) is 6.54 Å². The maximum atomic E-state index is 12.6. The van der Waals surface area contributed by atoms with Gasteiger partial charge in [0.1, 0.15) is 0 Å². The summed E-state index contributed by atoms with van der Waals surface area (Å²) < 4.78 is 43.4. The van der Waals surface area contributed by atoms with E-state index in [9.17, 15) is 13.2 Å². The number of benzene rings is 1. The molecule has 4 nitrogen and oxygen atoms in total. The molecule has 0 saturated carbocycles. The summed E-state index contributed by atoms with van der Waals surface area (Å²) in [6.45, 7) is 6.62. The number of hydrogen-bond acceptors (Lipinski definition) is 2. The number of nitrogens with zero attached hydrogens (tertiary/aromatic N) is 2. The van der Waals surface area contributed by atoms with Crippen LogP contribution in [0.3, 0.4) is 0 Å². The zero-order valence-corrected chi connectivity index (χ0v) is 17.1. The Hall–Kier alpha value is -1.03. The Morgan fingerprint density at radius 1 is 1.27 bits per heavy atom. The van der Waals surface area contributed by atoms with Crippen LogP contribution in [0.1, 0.15) is 30.9 Å². The largest absolute Gasteiger partial charge is 0.416 e. The normalized spacial score (nSPS) is 23.4. The van der Waals surface area contributed by atoms with Gasteiger partial charge in [0.15, 0.2) is 5.96 Å². The van der Waals surface area contributed by atoms with Gasteiger partial charge in [0.2, 0.25) is 0 Å². The van der Waals surface area contributed by atoms with Crippen LogP contribution in [-0.2, 0) is 17.5 Å². The van der Waals surface area contributed by atoms with Crippen LogP contribution < -0.4 is 5.32 Å². The van der Waals surface area contributed by atoms with E-state index in [1.165, 1.54) is 12.1 Å². The molecule has 2 saturated heterocycles. The molecule has 0 radical (unpaired) electrons. The van der Waals surface area contributed by atoms with E-state index < -0.39 is 11.7 Å². The molecular weight excluding hydrogens is 458 g/mol. The molecule has 1 aromatic rings. The summed E-state index contributed by atoms with van der Waals surface area (Å²) in [4.78, 5) is 6.86. The van der Waals surface area contributed by atoms with Crippen molar-refractivity contribution >= 4 is 29.9 Å². The molecule has 2 fully saturated rings. The fourth-order valence-corrected chi connectivity index (χ4v) is 3.48. The summed E-state index contributed by atoms with van der Waals surface area (Å²) in [5.74, 6) is 0.825. The minimum Gasteiger partial charge on any atom is -0.381 e. The van der Waals surface area contributed by atoms with Gasteiger partial charge in [-0.05, 0) is 37.5 Å². The van der Waals surface area contributed by atoms with Crippen LogP contribution in [0.25, 0.3) is 0 Å². The molecule has 0 aromatic heterocycles. The quantitative estimate of drug-likeness (QED) is 0.403. The molecule has 146 valence electrons. The Balaban J connectivity index is 0.00000243. The molecule has 2 aliphatic rings. The third kappa shape index (κ3) is 5.03. The van der Waals surface area contributed by atoms with Gasteiger partial charge in [-0.2, -0.15) is 13.2 Å². The second-order valence-electron chi connectivity index (χ2n) is 6.84. The van der Waals surface area contributed by atoms with Gasteiger partial charge >= 0.3 is 6.18 Å². The molecule has 1 unspecified atom stereocenters. The van der Waals surface area contributed by atoms with E-state index in [1.54, 1.807) is 0 Å². The third-order valence-corrected chi connectivity index (χ3v) is 4.95. The van der Waals surface area contributed by atoms with Crippen molar-refractivity contribution in [1.82, 2.24) is 10.2 Å². The van der Waals surface area contributed by atoms with Crippen LogP contribution in [0.5, 0.6) is 0 Å². The lowest BCUT2D eigenvalue weighted by Gasteiger charge is -2.25. The van der Waals surface area contributed by atoms with Crippen molar-refractivity contribution in [3.63, 3.8) is 0 Å². The molecule has 0 bridgehead atoms. The van der Waals surface area contributed by atoms with Gasteiger partial charge < -0.3 is 15.0 Å². The molecule has 1 spiro atoms. The number of ether oxygens (including phenoxy) is 1. The maximum absolute atomic E-state index is 12.6. The molecule has 1 aromatic carbocycles. The van der Waals surface area contributed by atoms with Crippen LogP contribution in [0.2, 0.25) is 0 Å². The molecule has 0 aliphatic carbocycles. The molecule has 1 N–H and O–H groups in total. The van der Waals surface area contributed by atoms with E-state index in [4.69, 9.17) is 4.74 Å². The summed E-state index contributed by atoms with van der Waals surface area (Å²) in [5.41, 5.74) is 0.376. The van der Waals surface area contributed by atoms with E-state index >= 15 is 0 Å². The van der Waals surface area contributed by atoms with Gasteiger partial charge in [0, 0.05) is 31.7 Å². The van der Waals surface area contributed by atoms with Gasteiger partial charge in [-0.1, -0.05) is 12.1 Å². The summed E-state index contributed by atoms with van der Waals surface area (Å²) in [7, 11) is 0. The van der Waals surface area contributed by atoms with Gasteiger partial charge in [-0.15, -0.1) is 24.0 Å². The van der Waals surface area contributed by atoms with E-state index in [-0.39, 0.29) is 29.4 Å². The summed E-state index contributed by atoms with van der Waals surface area (Å²) in [6, 6.07) is 5.20. The van der Waals surface area contributed by atoms with E-state index in [0.717, 1.165) is 69.3 Å². The lowest BCUT2D eigenvalue weighted by molar-refractivity contribution is -0.137. The van der Waals surface area contributed by atoms with Crippen molar-refractivity contribution < 1.29 is 17.9 Å². The lowest BCUT2D eigenvalue weighted by atomic mass is 9.87. The number of halogens is 4. The topological polar surface area (TPSA) is 36.9 Å². The molecular formula is C18H25F3IN3O. The van der Waals surface area contributed by atoms with Crippen LogP contribution in [0.4, 0.5) is 13.2 Å². The zero-order valence-electron chi connectivity index (χ0n) is 14.8. The smallest absolute Gasteiger partial charge is 0.381 e. The van der Waals surface area contributed by atoms with Crippen molar-refractivity contribution in [3.05, 3.63) is 35.4 Å². The van der Waals surface area contributed by atoms with Crippen LogP contribution in [0.15, 0.2) is 29.3 Å². The predicted octanol–water partition coefficient (Wildman–Crippen LogP) is 3.90. The van der Waals surface area contributed by atoms with Crippen molar-refractivity contribution in [2.24, 2.45) is 10.4 Å². The molecule has 2 heterocycles. The van der Waals surface area contributed by atoms with E-state index in [1.807, 2.05) is 6.92 Å². The standard InChI is InChI=1S/C18H24F3N3O.HI/c1-2-22-16(24-9-7-17(12-24)8-10-25-13-17)23-11-14-3-5-15(6-4-14)18(19,20)21;/h3-6H,2,7-13H2,1H3,(H,22,23);1H. The van der Waals surface area contributed by atoms with Crippen LogP contribution in [-0.4, -0.2) is 43.7 Å². The Bertz CT molecular complexity index is 613. The highest BCUT2D eigenvalue weighted by Gasteiger charge is 2.42. The predicted molar refractivity (Wildman–Crippen MR) is 106 cm³/mol. The molecule has 2 aliphatic heterocycles. The van der Waals surface area contributed by atoms with Crippen molar-refractivity contribution in [2.75, 3.05) is 32.8 Å². The van der Waals surface area contributed by atoms with Gasteiger partial charge in [0.05, 0.1) is 18.7 Å². The average molecular weight is 483 g/mol. The molecule has 1 atom stereocenters. The first kappa shape index (κ1) is 21.3. The Labute approximate surface area is 169 Å². The Morgan fingerprint density at radius 2 is 2.00 bits per heavy atom.